The maximum Gasteiger partial charge on any atom is 0.472 e. The Hall–Kier alpha value is -1.94. The largest absolute Gasteiger partial charge is 0.472 e. The number of carbonyl (C=O) groups excluding carboxylic acids is 4. The summed E-state index contributed by atoms with van der Waals surface area (Å²) in [6, 6.07) is 0. The molecule has 0 radical (unpaired) electrons. The van der Waals surface area contributed by atoms with Crippen molar-refractivity contribution in [1.29, 1.82) is 0 Å². The molecule has 0 aromatic carbocycles. The molecular formula is C71H138O17P2. The van der Waals surface area contributed by atoms with Crippen LogP contribution in [0.3, 0.4) is 0 Å². The van der Waals surface area contributed by atoms with Crippen LogP contribution in [0.15, 0.2) is 0 Å². The maximum absolute atomic E-state index is 13.0. The molecule has 0 fully saturated rings. The highest BCUT2D eigenvalue weighted by molar-refractivity contribution is 7.47. The maximum atomic E-state index is 13.0. The third kappa shape index (κ3) is 63.5. The van der Waals surface area contributed by atoms with Crippen molar-refractivity contribution in [3.63, 3.8) is 0 Å². The Kier molecular flexibility index (Phi) is 61.8. The number of rotatable bonds is 70. The van der Waals surface area contributed by atoms with E-state index in [9.17, 15) is 43.2 Å². The number of ether oxygens (including phenoxy) is 4. The zero-order valence-electron chi connectivity index (χ0n) is 58.4. The summed E-state index contributed by atoms with van der Waals surface area (Å²) < 4.78 is 68.2. The van der Waals surface area contributed by atoms with Crippen LogP contribution in [0.25, 0.3) is 0 Å². The minimum absolute atomic E-state index is 0.103. The van der Waals surface area contributed by atoms with E-state index in [0.717, 1.165) is 102 Å². The zero-order valence-corrected chi connectivity index (χ0v) is 60.2. The van der Waals surface area contributed by atoms with Gasteiger partial charge in [-0.2, -0.15) is 0 Å². The van der Waals surface area contributed by atoms with Crippen molar-refractivity contribution in [3.05, 3.63) is 0 Å². The minimum Gasteiger partial charge on any atom is -0.462 e. The van der Waals surface area contributed by atoms with Crippen LogP contribution in [0.5, 0.6) is 0 Å². The van der Waals surface area contributed by atoms with Crippen molar-refractivity contribution in [2.45, 2.75) is 381 Å². The fourth-order valence-electron chi connectivity index (χ4n) is 10.7. The van der Waals surface area contributed by atoms with Crippen LogP contribution >= 0.6 is 15.6 Å². The van der Waals surface area contributed by atoms with Gasteiger partial charge in [0, 0.05) is 25.7 Å². The third-order valence-corrected chi connectivity index (χ3v) is 18.7. The highest BCUT2D eigenvalue weighted by Gasteiger charge is 2.30. The second-order valence-corrected chi connectivity index (χ2v) is 29.3. The lowest BCUT2D eigenvalue weighted by Gasteiger charge is -2.21. The molecule has 0 aromatic rings. The molecule has 0 aromatic heterocycles. The predicted molar refractivity (Wildman–Crippen MR) is 363 cm³/mol. The number of aliphatic hydroxyl groups excluding tert-OH is 1. The van der Waals surface area contributed by atoms with Crippen molar-refractivity contribution < 1.29 is 80.2 Å². The minimum atomic E-state index is -4.95. The molecule has 6 atom stereocenters. The van der Waals surface area contributed by atoms with Crippen LogP contribution in [-0.4, -0.2) is 96.7 Å². The number of phosphoric acid groups is 2. The molecule has 0 saturated carbocycles. The lowest BCUT2D eigenvalue weighted by Crippen LogP contribution is -2.30. The van der Waals surface area contributed by atoms with E-state index in [1.54, 1.807) is 0 Å². The van der Waals surface area contributed by atoms with Crippen LogP contribution in [0.4, 0.5) is 0 Å². The Bertz CT molecular complexity index is 1750. The van der Waals surface area contributed by atoms with Gasteiger partial charge in [0.15, 0.2) is 12.2 Å². The van der Waals surface area contributed by atoms with Gasteiger partial charge in [-0.15, -0.1) is 0 Å². The van der Waals surface area contributed by atoms with Gasteiger partial charge in [0.25, 0.3) is 0 Å². The van der Waals surface area contributed by atoms with Gasteiger partial charge in [0.2, 0.25) is 0 Å². The third-order valence-electron chi connectivity index (χ3n) is 16.8. The van der Waals surface area contributed by atoms with Gasteiger partial charge >= 0.3 is 39.5 Å². The van der Waals surface area contributed by atoms with E-state index >= 15 is 0 Å². The summed E-state index contributed by atoms with van der Waals surface area (Å²) in [6.07, 6.45) is 48.7. The summed E-state index contributed by atoms with van der Waals surface area (Å²) >= 11 is 0. The van der Waals surface area contributed by atoms with E-state index in [2.05, 4.69) is 41.5 Å². The molecule has 0 rings (SSSR count). The number of phosphoric ester groups is 2. The first kappa shape index (κ1) is 88.1. The van der Waals surface area contributed by atoms with Gasteiger partial charge < -0.3 is 33.8 Å². The number of esters is 4. The highest BCUT2D eigenvalue weighted by atomic mass is 31.2. The fourth-order valence-corrected chi connectivity index (χ4v) is 12.3. The van der Waals surface area contributed by atoms with Crippen LogP contribution in [0, 0.1) is 11.8 Å². The molecule has 0 saturated heterocycles. The average molecular weight is 1330 g/mol. The van der Waals surface area contributed by atoms with Gasteiger partial charge in [-0.3, -0.25) is 37.3 Å². The molecule has 0 aliphatic heterocycles. The predicted octanol–water partition coefficient (Wildman–Crippen LogP) is 20.4. The Morgan fingerprint density at radius 1 is 0.322 bits per heavy atom. The summed E-state index contributed by atoms with van der Waals surface area (Å²) in [5.74, 6) is -0.622. The SMILES string of the molecule is CCCCCCCCCCCCCCCCCCCCC(=O)O[C@H](COC(=O)CCCCCCCCCCCCC(C)CC)COP(=O)(O)OC[C@@H](O)COP(=O)(O)OC[C@@H](COC(=O)CCCCCCCCCC)OC(=O)CCCCCCCCCC(C)C. The van der Waals surface area contributed by atoms with Gasteiger partial charge in [-0.05, 0) is 37.5 Å². The Balaban J connectivity index is 5.21. The summed E-state index contributed by atoms with van der Waals surface area (Å²) in [7, 11) is -9.90. The van der Waals surface area contributed by atoms with E-state index in [-0.39, 0.29) is 25.7 Å². The topological polar surface area (TPSA) is 237 Å². The van der Waals surface area contributed by atoms with Gasteiger partial charge in [0.1, 0.15) is 19.3 Å². The molecule has 0 amide bonds. The van der Waals surface area contributed by atoms with Crippen LogP contribution in [0.2, 0.25) is 0 Å². The average Bonchev–Trinajstić information content (AvgIpc) is 3.70. The first-order chi connectivity index (χ1) is 43.4. The monoisotopic (exact) mass is 1320 g/mol. The summed E-state index contributed by atoms with van der Waals surface area (Å²) in [6.45, 7) is 9.49. The molecule has 0 spiro atoms. The Morgan fingerprint density at radius 3 is 0.844 bits per heavy atom. The molecule has 0 heterocycles. The number of aliphatic hydroxyl groups is 1. The fraction of sp³-hybridized carbons (Fsp3) is 0.944. The summed E-state index contributed by atoms with van der Waals surface area (Å²) in [5, 5.41) is 10.6. The van der Waals surface area contributed by atoms with Crippen molar-refractivity contribution in [2.24, 2.45) is 11.8 Å². The molecular weight excluding hydrogens is 1190 g/mol. The molecule has 3 N–H and O–H groups in total. The molecule has 0 bridgehead atoms. The second-order valence-electron chi connectivity index (χ2n) is 26.3. The van der Waals surface area contributed by atoms with Crippen molar-refractivity contribution in [3.8, 4) is 0 Å². The van der Waals surface area contributed by atoms with Crippen molar-refractivity contribution in [1.82, 2.24) is 0 Å². The molecule has 0 aliphatic carbocycles. The first-order valence-electron chi connectivity index (χ1n) is 37.0. The van der Waals surface area contributed by atoms with Crippen molar-refractivity contribution in [2.75, 3.05) is 39.6 Å². The van der Waals surface area contributed by atoms with Gasteiger partial charge in [0.05, 0.1) is 26.4 Å². The summed E-state index contributed by atoms with van der Waals surface area (Å²) in [4.78, 5) is 72.5. The molecule has 19 heteroatoms. The standard InChI is InChI=1S/C71H138O17P2/c1-7-10-12-14-16-18-19-20-21-22-23-24-25-26-31-37-43-49-55-70(75)87-66(60-82-69(74)54-48-42-36-30-28-27-29-34-40-46-52-64(6)9-3)61-85-89(77,78)83-57-65(72)58-84-90(79,80)86-62-67(59-81-68(73)53-47-41-35-17-15-13-11-8-2)88-71(76)56-50-44-38-32-33-39-45-51-63(4)5/h63-67,72H,7-62H2,1-6H3,(H,77,78)(H,79,80)/t64?,65-,66-,67-/m1/s1. The quantitative estimate of drug-likeness (QED) is 0.0222. The van der Waals surface area contributed by atoms with Crippen LogP contribution < -0.4 is 0 Å². The number of hydrogen-bond acceptors (Lipinski definition) is 15. The lowest BCUT2D eigenvalue weighted by atomic mass is 9.99. The number of unbranched alkanes of at least 4 members (excludes halogenated alkanes) is 39. The smallest absolute Gasteiger partial charge is 0.462 e. The van der Waals surface area contributed by atoms with E-state index in [1.807, 2.05) is 0 Å². The van der Waals surface area contributed by atoms with E-state index in [1.165, 1.54) is 173 Å². The van der Waals surface area contributed by atoms with E-state index in [0.29, 0.717) is 31.6 Å². The number of carbonyl (C=O) groups is 4. The van der Waals surface area contributed by atoms with Gasteiger partial charge in [-0.25, -0.2) is 9.13 Å². The summed E-state index contributed by atoms with van der Waals surface area (Å²) in [5.41, 5.74) is 0. The van der Waals surface area contributed by atoms with Crippen molar-refractivity contribution >= 4 is 39.5 Å². The zero-order chi connectivity index (χ0) is 66.5. The van der Waals surface area contributed by atoms with E-state index in [4.69, 9.17) is 37.0 Å². The van der Waals surface area contributed by atoms with Crippen LogP contribution in [-0.2, 0) is 65.4 Å². The second kappa shape index (κ2) is 63.1. The Labute approximate surface area is 549 Å². The highest BCUT2D eigenvalue weighted by Crippen LogP contribution is 2.45. The lowest BCUT2D eigenvalue weighted by molar-refractivity contribution is -0.161. The Morgan fingerprint density at radius 2 is 0.567 bits per heavy atom. The molecule has 90 heavy (non-hydrogen) atoms. The number of hydrogen-bond donors (Lipinski definition) is 3. The molecule has 534 valence electrons. The first-order valence-corrected chi connectivity index (χ1v) is 40.0. The van der Waals surface area contributed by atoms with Crippen LogP contribution in [0.1, 0.15) is 363 Å². The molecule has 0 aliphatic rings. The normalized spacial score (nSPS) is 14.4. The van der Waals surface area contributed by atoms with Gasteiger partial charge in [-0.1, -0.05) is 311 Å². The molecule has 3 unspecified atom stereocenters. The van der Waals surface area contributed by atoms with E-state index < -0.39 is 97.5 Å². The molecule has 17 nitrogen and oxygen atoms in total.